The quantitative estimate of drug-likeness (QED) is 0.198. The Balaban J connectivity index is 1.35. The van der Waals surface area contributed by atoms with Crippen LogP contribution in [0.15, 0.2) is 96.1 Å². The van der Waals surface area contributed by atoms with Crippen molar-refractivity contribution in [1.29, 1.82) is 0 Å². The molecular weight excluding hydrogens is 412 g/mol. The predicted molar refractivity (Wildman–Crippen MR) is 122 cm³/mol. The fraction of sp³-hybridized carbons (Fsp3) is 0. The molecule has 4 rings (SSSR count). The molecule has 0 spiro atoms. The van der Waals surface area contributed by atoms with Gasteiger partial charge in [0.15, 0.2) is 0 Å². The number of hydrazone groups is 1. The molecule has 0 aliphatic carbocycles. The van der Waals surface area contributed by atoms with E-state index in [4.69, 9.17) is 16.3 Å². The van der Waals surface area contributed by atoms with Gasteiger partial charge in [0.25, 0.3) is 5.91 Å². The summed E-state index contributed by atoms with van der Waals surface area (Å²) >= 11 is 5.90. The van der Waals surface area contributed by atoms with Crippen molar-refractivity contribution in [2.75, 3.05) is 0 Å². The number of nitrogens with one attached hydrogen (secondary N) is 1. The van der Waals surface area contributed by atoms with Gasteiger partial charge in [0.2, 0.25) is 0 Å². The molecule has 0 heterocycles. The van der Waals surface area contributed by atoms with Crippen LogP contribution >= 0.6 is 11.6 Å². The summed E-state index contributed by atoms with van der Waals surface area (Å²) in [5, 5.41) is 6.52. The highest BCUT2D eigenvalue weighted by molar-refractivity contribution is 6.30. The molecule has 0 atom stereocenters. The van der Waals surface area contributed by atoms with Crippen LogP contribution < -0.4 is 10.2 Å². The zero-order chi connectivity index (χ0) is 21.6. The van der Waals surface area contributed by atoms with E-state index in [1.54, 1.807) is 54.6 Å². The highest BCUT2D eigenvalue weighted by Crippen LogP contribution is 2.17. The normalized spacial score (nSPS) is 10.9. The van der Waals surface area contributed by atoms with Gasteiger partial charge in [-0.05, 0) is 70.9 Å². The number of hydrogen-bond acceptors (Lipinski definition) is 4. The Kier molecular flexibility index (Phi) is 6.05. The van der Waals surface area contributed by atoms with Gasteiger partial charge in [-0.15, -0.1) is 0 Å². The van der Waals surface area contributed by atoms with E-state index >= 15 is 0 Å². The van der Waals surface area contributed by atoms with Gasteiger partial charge in [0.05, 0.1) is 11.8 Å². The van der Waals surface area contributed by atoms with Gasteiger partial charge < -0.3 is 4.74 Å². The van der Waals surface area contributed by atoms with Crippen molar-refractivity contribution in [3.8, 4) is 5.75 Å². The fourth-order valence-electron chi connectivity index (χ4n) is 2.96. The summed E-state index contributed by atoms with van der Waals surface area (Å²) in [6.07, 6.45) is 1.52. The van der Waals surface area contributed by atoms with Gasteiger partial charge in [-0.3, -0.25) is 4.79 Å². The van der Waals surface area contributed by atoms with Crippen molar-refractivity contribution in [3.05, 3.63) is 113 Å². The predicted octanol–water partition coefficient (Wildman–Crippen LogP) is 5.48. The van der Waals surface area contributed by atoms with Gasteiger partial charge in [0, 0.05) is 10.6 Å². The third kappa shape index (κ3) is 5.15. The molecule has 0 fully saturated rings. The number of hydrogen-bond donors (Lipinski definition) is 1. The molecule has 6 heteroatoms. The first-order chi connectivity index (χ1) is 15.1. The van der Waals surface area contributed by atoms with Crippen LogP contribution in [-0.2, 0) is 0 Å². The minimum Gasteiger partial charge on any atom is -0.423 e. The third-order valence-electron chi connectivity index (χ3n) is 4.54. The molecule has 0 saturated heterocycles. The second-order valence-corrected chi connectivity index (χ2v) is 7.17. The summed E-state index contributed by atoms with van der Waals surface area (Å²) in [5.41, 5.74) is 4.15. The van der Waals surface area contributed by atoms with Gasteiger partial charge in [-0.1, -0.05) is 48.0 Å². The maximum absolute atomic E-state index is 12.3. The molecule has 4 aromatic rings. The van der Waals surface area contributed by atoms with E-state index in [0.29, 0.717) is 21.9 Å². The topological polar surface area (TPSA) is 67.8 Å². The number of fused-ring (bicyclic) bond motifs is 1. The standard InChI is InChI=1S/C25H17ClN2O3/c26-22-7-3-6-21(15-22)25(30)31-23-12-8-17(9-13-23)16-27-28-24(29)20-11-10-18-4-1-2-5-19(18)14-20/h1-16H,(H,28,29)/b27-16-. The number of esters is 1. The number of nitrogens with zero attached hydrogens (tertiary/aromatic N) is 1. The molecule has 0 radical (unpaired) electrons. The summed E-state index contributed by atoms with van der Waals surface area (Å²) in [6.45, 7) is 0. The fourth-order valence-corrected chi connectivity index (χ4v) is 3.15. The second-order valence-electron chi connectivity index (χ2n) is 6.73. The van der Waals surface area contributed by atoms with Crippen LogP contribution in [0.2, 0.25) is 5.02 Å². The highest BCUT2D eigenvalue weighted by atomic mass is 35.5. The van der Waals surface area contributed by atoms with Crippen molar-refractivity contribution < 1.29 is 14.3 Å². The van der Waals surface area contributed by atoms with E-state index in [0.717, 1.165) is 16.3 Å². The van der Waals surface area contributed by atoms with Crippen LogP contribution in [0.3, 0.4) is 0 Å². The number of ether oxygens (including phenoxy) is 1. The Labute approximate surface area is 183 Å². The molecule has 152 valence electrons. The number of rotatable bonds is 5. The Morgan fingerprint density at radius 3 is 2.35 bits per heavy atom. The summed E-state index contributed by atoms with van der Waals surface area (Å²) in [6, 6.07) is 26.6. The van der Waals surface area contributed by atoms with Crippen molar-refractivity contribution in [2.24, 2.45) is 5.10 Å². The Bertz CT molecular complexity index is 1280. The van der Waals surface area contributed by atoms with Crippen molar-refractivity contribution in [1.82, 2.24) is 5.43 Å². The van der Waals surface area contributed by atoms with E-state index in [1.165, 1.54) is 6.21 Å². The van der Waals surface area contributed by atoms with Crippen molar-refractivity contribution in [2.45, 2.75) is 0 Å². The van der Waals surface area contributed by atoms with Crippen molar-refractivity contribution in [3.63, 3.8) is 0 Å². The maximum atomic E-state index is 12.3. The second kappa shape index (κ2) is 9.24. The summed E-state index contributed by atoms with van der Waals surface area (Å²) in [7, 11) is 0. The largest absolute Gasteiger partial charge is 0.423 e. The number of carbonyl (C=O) groups excluding carboxylic acids is 2. The lowest BCUT2D eigenvalue weighted by Crippen LogP contribution is -2.17. The SMILES string of the molecule is O=C(N/N=C\c1ccc(OC(=O)c2cccc(Cl)c2)cc1)c1ccc2ccccc2c1. The van der Waals surface area contributed by atoms with Crippen LogP contribution in [-0.4, -0.2) is 18.1 Å². The van der Waals surface area contributed by atoms with Crippen LogP contribution in [0.1, 0.15) is 26.3 Å². The van der Waals surface area contributed by atoms with Gasteiger partial charge >= 0.3 is 5.97 Å². The van der Waals surface area contributed by atoms with E-state index in [1.807, 2.05) is 36.4 Å². The molecule has 31 heavy (non-hydrogen) atoms. The molecule has 0 bridgehead atoms. The average Bonchev–Trinajstić information content (AvgIpc) is 2.80. The molecule has 0 unspecified atom stereocenters. The maximum Gasteiger partial charge on any atom is 0.343 e. The zero-order valence-corrected chi connectivity index (χ0v) is 17.0. The lowest BCUT2D eigenvalue weighted by molar-refractivity contribution is 0.0734. The Morgan fingerprint density at radius 2 is 1.58 bits per heavy atom. The molecule has 1 N–H and O–H groups in total. The van der Waals surface area contributed by atoms with Crippen LogP contribution in [0, 0.1) is 0 Å². The van der Waals surface area contributed by atoms with Crippen molar-refractivity contribution >= 4 is 40.5 Å². The summed E-state index contributed by atoms with van der Waals surface area (Å²) in [4.78, 5) is 24.5. The average molecular weight is 429 g/mol. The molecule has 0 saturated carbocycles. The first-order valence-corrected chi connectivity index (χ1v) is 9.86. The first-order valence-electron chi connectivity index (χ1n) is 9.48. The molecule has 4 aromatic carbocycles. The Morgan fingerprint density at radius 1 is 0.806 bits per heavy atom. The van der Waals surface area contributed by atoms with Crippen LogP contribution in [0.25, 0.3) is 10.8 Å². The smallest absolute Gasteiger partial charge is 0.343 e. The van der Waals surface area contributed by atoms with E-state index in [9.17, 15) is 9.59 Å². The lowest BCUT2D eigenvalue weighted by Gasteiger charge is -2.05. The zero-order valence-electron chi connectivity index (χ0n) is 16.3. The van der Waals surface area contributed by atoms with Crippen LogP contribution in [0.5, 0.6) is 5.75 Å². The van der Waals surface area contributed by atoms with E-state index < -0.39 is 5.97 Å². The third-order valence-corrected chi connectivity index (χ3v) is 4.78. The van der Waals surface area contributed by atoms with E-state index in [2.05, 4.69) is 10.5 Å². The lowest BCUT2D eigenvalue weighted by atomic mass is 10.1. The molecule has 5 nitrogen and oxygen atoms in total. The minimum atomic E-state index is -0.494. The number of carbonyl (C=O) groups is 2. The van der Waals surface area contributed by atoms with Gasteiger partial charge in [0.1, 0.15) is 5.75 Å². The number of benzene rings is 4. The minimum absolute atomic E-state index is 0.297. The molecule has 0 aliphatic rings. The summed E-state index contributed by atoms with van der Waals surface area (Å²) in [5.74, 6) is -0.400. The highest BCUT2D eigenvalue weighted by Gasteiger charge is 2.09. The molecule has 0 aromatic heterocycles. The molecule has 0 aliphatic heterocycles. The summed E-state index contributed by atoms with van der Waals surface area (Å²) < 4.78 is 5.33. The van der Waals surface area contributed by atoms with Gasteiger partial charge in [-0.25, -0.2) is 10.2 Å². The van der Waals surface area contributed by atoms with Crippen LogP contribution in [0.4, 0.5) is 0 Å². The number of halogens is 1. The Hall–Kier alpha value is -3.96. The van der Waals surface area contributed by atoms with E-state index in [-0.39, 0.29) is 5.91 Å². The molecular formula is C25H17ClN2O3. The molecule has 1 amide bonds. The number of amides is 1. The monoisotopic (exact) mass is 428 g/mol. The first kappa shape index (κ1) is 20.3. The van der Waals surface area contributed by atoms with Gasteiger partial charge in [-0.2, -0.15) is 5.10 Å².